The van der Waals surface area contributed by atoms with Crippen molar-refractivity contribution in [3.8, 4) is 0 Å². The summed E-state index contributed by atoms with van der Waals surface area (Å²) in [6.07, 6.45) is 3.62. The lowest BCUT2D eigenvalue weighted by molar-refractivity contribution is -0.143. The normalized spacial score (nSPS) is 15.0. The van der Waals surface area contributed by atoms with Crippen molar-refractivity contribution in [2.75, 3.05) is 25.6 Å². The number of esters is 2. The van der Waals surface area contributed by atoms with Crippen LogP contribution in [0, 0.1) is 5.41 Å². The summed E-state index contributed by atoms with van der Waals surface area (Å²) in [6, 6.07) is 7.22. The van der Waals surface area contributed by atoms with Gasteiger partial charge in [0.15, 0.2) is 0 Å². The number of benzene rings is 1. The minimum Gasteiger partial charge on any atom is -0.466 e. The van der Waals surface area contributed by atoms with E-state index in [9.17, 15) is 9.59 Å². The Labute approximate surface area is 131 Å². The number of anilines is 1. The highest BCUT2D eigenvalue weighted by Gasteiger charge is 2.42. The third-order valence-electron chi connectivity index (χ3n) is 4.10. The van der Waals surface area contributed by atoms with E-state index in [0.717, 1.165) is 31.5 Å². The lowest BCUT2D eigenvalue weighted by Crippen LogP contribution is -2.17. The number of methoxy groups -OCH3 is 1. The molecule has 1 aromatic carbocycles. The second-order valence-corrected chi connectivity index (χ2v) is 5.73. The SMILES string of the molecule is CCOC(=O)CCC1(CNc2ccc(C(=O)OC)cc2)CC1. The molecule has 0 radical (unpaired) electrons. The molecule has 0 bridgehead atoms. The van der Waals surface area contributed by atoms with Gasteiger partial charge < -0.3 is 14.8 Å². The molecule has 1 fully saturated rings. The van der Waals surface area contributed by atoms with Gasteiger partial charge in [-0.2, -0.15) is 0 Å². The van der Waals surface area contributed by atoms with Gasteiger partial charge in [0.1, 0.15) is 0 Å². The van der Waals surface area contributed by atoms with E-state index in [1.807, 2.05) is 19.1 Å². The molecule has 1 aliphatic carbocycles. The fraction of sp³-hybridized carbons (Fsp3) is 0.529. The van der Waals surface area contributed by atoms with Gasteiger partial charge in [0.25, 0.3) is 0 Å². The molecule has 0 aliphatic heterocycles. The fourth-order valence-corrected chi connectivity index (χ4v) is 2.42. The van der Waals surface area contributed by atoms with Crippen LogP contribution in [0.3, 0.4) is 0 Å². The molecule has 0 saturated heterocycles. The Bertz CT molecular complexity index is 520. The van der Waals surface area contributed by atoms with Crippen molar-refractivity contribution in [2.24, 2.45) is 5.41 Å². The first-order valence-corrected chi connectivity index (χ1v) is 7.66. The zero-order chi connectivity index (χ0) is 16.0. The monoisotopic (exact) mass is 305 g/mol. The van der Waals surface area contributed by atoms with Gasteiger partial charge >= 0.3 is 11.9 Å². The Morgan fingerprint density at radius 2 is 1.91 bits per heavy atom. The number of hydrogen-bond donors (Lipinski definition) is 1. The highest BCUT2D eigenvalue weighted by atomic mass is 16.5. The molecule has 0 heterocycles. The largest absolute Gasteiger partial charge is 0.466 e. The van der Waals surface area contributed by atoms with Crippen LogP contribution in [0.4, 0.5) is 5.69 Å². The predicted octanol–water partition coefficient (Wildman–Crippen LogP) is 3.01. The number of carbonyl (C=O) groups excluding carboxylic acids is 2. The van der Waals surface area contributed by atoms with E-state index in [2.05, 4.69) is 10.1 Å². The van der Waals surface area contributed by atoms with Crippen molar-refractivity contribution in [1.29, 1.82) is 0 Å². The highest BCUT2D eigenvalue weighted by Crippen LogP contribution is 2.49. The summed E-state index contributed by atoms with van der Waals surface area (Å²) in [7, 11) is 1.37. The average Bonchev–Trinajstić information content (AvgIpc) is 3.32. The summed E-state index contributed by atoms with van der Waals surface area (Å²) in [5, 5.41) is 3.38. The summed E-state index contributed by atoms with van der Waals surface area (Å²) in [4.78, 5) is 22.8. The molecule has 1 saturated carbocycles. The van der Waals surface area contributed by atoms with Crippen LogP contribution < -0.4 is 5.32 Å². The molecule has 1 aliphatic rings. The van der Waals surface area contributed by atoms with Crippen molar-refractivity contribution >= 4 is 17.6 Å². The Kier molecular flexibility index (Phi) is 5.41. The number of rotatable bonds is 8. The molecular weight excluding hydrogens is 282 g/mol. The average molecular weight is 305 g/mol. The lowest BCUT2D eigenvalue weighted by Gasteiger charge is -2.16. The standard InChI is InChI=1S/C17H23NO4/c1-3-22-15(19)8-9-17(10-11-17)12-18-14-6-4-13(5-7-14)16(20)21-2/h4-7,18H,3,8-12H2,1-2H3. The van der Waals surface area contributed by atoms with Gasteiger partial charge in [-0.05, 0) is 55.9 Å². The van der Waals surface area contributed by atoms with E-state index in [1.165, 1.54) is 7.11 Å². The van der Waals surface area contributed by atoms with Crippen molar-refractivity contribution < 1.29 is 19.1 Å². The maximum absolute atomic E-state index is 11.4. The highest BCUT2D eigenvalue weighted by molar-refractivity contribution is 5.89. The zero-order valence-corrected chi connectivity index (χ0v) is 13.2. The molecule has 1 aromatic rings. The zero-order valence-electron chi connectivity index (χ0n) is 13.2. The van der Waals surface area contributed by atoms with Gasteiger partial charge in [0.05, 0.1) is 19.3 Å². The summed E-state index contributed by atoms with van der Waals surface area (Å²) < 4.78 is 9.64. The molecular formula is C17H23NO4. The number of hydrogen-bond acceptors (Lipinski definition) is 5. The van der Waals surface area contributed by atoms with Crippen LogP contribution >= 0.6 is 0 Å². The topological polar surface area (TPSA) is 64.6 Å². The van der Waals surface area contributed by atoms with E-state index in [0.29, 0.717) is 18.6 Å². The van der Waals surface area contributed by atoms with Crippen molar-refractivity contribution in [3.05, 3.63) is 29.8 Å². The molecule has 0 unspecified atom stereocenters. The first-order chi connectivity index (χ1) is 10.6. The van der Waals surface area contributed by atoms with Gasteiger partial charge in [0.2, 0.25) is 0 Å². The van der Waals surface area contributed by atoms with Gasteiger partial charge in [-0.15, -0.1) is 0 Å². The van der Waals surface area contributed by atoms with Crippen LogP contribution in [0.5, 0.6) is 0 Å². The molecule has 120 valence electrons. The van der Waals surface area contributed by atoms with Crippen LogP contribution in [0.15, 0.2) is 24.3 Å². The molecule has 5 heteroatoms. The number of carbonyl (C=O) groups is 2. The minimum absolute atomic E-state index is 0.115. The number of ether oxygens (including phenoxy) is 2. The number of nitrogens with one attached hydrogen (secondary N) is 1. The van der Waals surface area contributed by atoms with E-state index < -0.39 is 0 Å². The van der Waals surface area contributed by atoms with Gasteiger partial charge in [-0.3, -0.25) is 4.79 Å². The third-order valence-corrected chi connectivity index (χ3v) is 4.10. The molecule has 22 heavy (non-hydrogen) atoms. The fourth-order valence-electron chi connectivity index (χ4n) is 2.42. The van der Waals surface area contributed by atoms with Crippen LogP contribution in [-0.4, -0.2) is 32.2 Å². The lowest BCUT2D eigenvalue weighted by atomic mass is 10.00. The molecule has 0 amide bonds. The summed E-state index contributed by atoms with van der Waals surface area (Å²) >= 11 is 0. The third kappa shape index (κ3) is 4.48. The quantitative estimate of drug-likeness (QED) is 0.748. The second-order valence-electron chi connectivity index (χ2n) is 5.73. The van der Waals surface area contributed by atoms with Crippen molar-refractivity contribution in [2.45, 2.75) is 32.6 Å². The summed E-state index contributed by atoms with van der Waals surface area (Å²) in [5.74, 6) is -0.448. The van der Waals surface area contributed by atoms with Crippen molar-refractivity contribution in [1.82, 2.24) is 0 Å². The first-order valence-electron chi connectivity index (χ1n) is 7.66. The van der Waals surface area contributed by atoms with Crippen molar-refractivity contribution in [3.63, 3.8) is 0 Å². The second kappa shape index (κ2) is 7.29. The maximum Gasteiger partial charge on any atom is 0.337 e. The minimum atomic E-state index is -0.334. The smallest absolute Gasteiger partial charge is 0.337 e. The maximum atomic E-state index is 11.4. The van der Waals surface area contributed by atoms with Gasteiger partial charge in [-0.1, -0.05) is 0 Å². The Balaban J connectivity index is 1.80. The van der Waals surface area contributed by atoms with Gasteiger partial charge in [-0.25, -0.2) is 4.79 Å². The summed E-state index contributed by atoms with van der Waals surface area (Å²) in [6.45, 7) is 3.10. The van der Waals surface area contributed by atoms with Crippen LogP contribution in [0.2, 0.25) is 0 Å². The Hall–Kier alpha value is -2.04. The summed E-state index contributed by atoms with van der Waals surface area (Å²) in [5.41, 5.74) is 1.72. The van der Waals surface area contributed by atoms with E-state index in [-0.39, 0.29) is 17.4 Å². The molecule has 0 spiro atoms. The Morgan fingerprint density at radius 3 is 2.45 bits per heavy atom. The van der Waals surface area contributed by atoms with Crippen LogP contribution in [0.1, 0.15) is 43.0 Å². The van der Waals surface area contributed by atoms with E-state index in [1.54, 1.807) is 12.1 Å². The molecule has 5 nitrogen and oxygen atoms in total. The van der Waals surface area contributed by atoms with Crippen LogP contribution in [-0.2, 0) is 14.3 Å². The molecule has 2 rings (SSSR count). The van der Waals surface area contributed by atoms with E-state index >= 15 is 0 Å². The predicted molar refractivity (Wildman–Crippen MR) is 83.8 cm³/mol. The first kappa shape index (κ1) is 16.3. The van der Waals surface area contributed by atoms with E-state index in [4.69, 9.17) is 4.74 Å². The molecule has 0 aromatic heterocycles. The molecule has 1 N–H and O–H groups in total. The Morgan fingerprint density at radius 1 is 1.23 bits per heavy atom. The molecule has 0 atom stereocenters. The van der Waals surface area contributed by atoms with Gasteiger partial charge in [0, 0.05) is 18.7 Å². The van der Waals surface area contributed by atoms with Crippen LogP contribution in [0.25, 0.3) is 0 Å².